The van der Waals surface area contributed by atoms with Crippen LogP contribution in [0.3, 0.4) is 0 Å². The Morgan fingerprint density at radius 3 is 2.23 bits per heavy atom. The van der Waals surface area contributed by atoms with E-state index in [1.165, 1.54) is 0 Å². The topological polar surface area (TPSA) is 48.7 Å². The molecule has 1 aliphatic heterocycles. The molecule has 0 spiro atoms. The lowest BCUT2D eigenvalue weighted by Crippen LogP contribution is -2.46. The van der Waals surface area contributed by atoms with E-state index in [1.807, 2.05) is 24.3 Å². The number of benzene rings is 2. The molecule has 0 unspecified atom stereocenters. The summed E-state index contributed by atoms with van der Waals surface area (Å²) in [5, 5.41) is 11.0. The van der Waals surface area contributed by atoms with Crippen molar-refractivity contribution in [3.63, 3.8) is 0 Å². The summed E-state index contributed by atoms with van der Waals surface area (Å²) in [6, 6.07) is 15.9. The first-order valence-corrected chi connectivity index (χ1v) is 8.99. The normalized spacial score (nSPS) is 14.8. The van der Waals surface area contributed by atoms with Gasteiger partial charge in [0.25, 0.3) is 0 Å². The number of anilines is 2. The molecule has 0 amide bonds. The third-order valence-corrected chi connectivity index (χ3v) is 5.30. The maximum atomic E-state index is 11.3. The molecule has 1 fully saturated rings. The first kappa shape index (κ1) is 16.8. The van der Waals surface area contributed by atoms with Crippen molar-refractivity contribution >= 4 is 39.8 Å². The van der Waals surface area contributed by atoms with E-state index in [0.717, 1.165) is 53.5 Å². The number of hydrogen-bond acceptors (Lipinski definition) is 3. The number of carboxylic acids is 1. The molecule has 2 heterocycles. The van der Waals surface area contributed by atoms with Gasteiger partial charge in [0.2, 0.25) is 0 Å². The number of carbonyl (C=O) groups is 1. The molecule has 0 radical (unpaired) electrons. The minimum atomic E-state index is -0.902. The van der Waals surface area contributed by atoms with Gasteiger partial charge in [-0.3, -0.25) is 0 Å². The molecule has 0 aliphatic carbocycles. The zero-order chi connectivity index (χ0) is 18.3. The molecule has 1 N–H and O–H groups in total. The summed E-state index contributed by atoms with van der Waals surface area (Å²) >= 11 is 6.10. The minimum absolute atomic E-state index is 0.308. The molecular weight excluding hydrogens is 350 g/mol. The number of nitrogens with zero attached hydrogens (tertiary/aromatic N) is 3. The lowest BCUT2D eigenvalue weighted by molar-refractivity contribution is 0.0687. The summed E-state index contributed by atoms with van der Waals surface area (Å²) in [5.74, 6) is -0.902. The second kappa shape index (κ2) is 6.57. The van der Waals surface area contributed by atoms with E-state index >= 15 is 0 Å². The number of hydrogen-bond donors (Lipinski definition) is 1. The van der Waals surface area contributed by atoms with Crippen molar-refractivity contribution in [3.05, 3.63) is 59.2 Å². The maximum absolute atomic E-state index is 11.3. The average molecular weight is 370 g/mol. The van der Waals surface area contributed by atoms with Crippen LogP contribution in [-0.4, -0.2) is 41.8 Å². The molecule has 0 saturated carbocycles. The Morgan fingerprint density at radius 1 is 0.962 bits per heavy atom. The number of carboxylic acid groups (broad SMARTS) is 1. The Hall–Kier alpha value is -2.66. The van der Waals surface area contributed by atoms with Crippen molar-refractivity contribution in [2.45, 2.75) is 0 Å². The number of rotatable bonds is 3. The van der Waals surface area contributed by atoms with E-state index < -0.39 is 5.97 Å². The summed E-state index contributed by atoms with van der Waals surface area (Å²) in [6.07, 6.45) is 0. The first-order chi connectivity index (χ1) is 12.5. The third-order valence-electron chi connectivity index (χ3n) is 5.06. The van der Waals surface area contributed by atoms with Gasteiger partial charge in [-0.05, 0) is 42.5 Å². The van der Waals surface area contributed by atoms with Crippen LogP contribution in [0.4, 0.5) is 11.4 Å². The van der Waals surface area contributed by atoms with Gasteiger partial charge < -0.3 is 19.5 Å². The van der Waals surface area contributed by atoms with E-state index in [2.05, 4.69) is 28.0 Å². The van der Waals surface area contributed by atoms with Crippen molar-refractivity contribution < 1.29 is 9.90 Å². The van der Waals surface area contributed by atoms with Crippen LogP contribution in [0.5, 0.6) is 0 Å². The Labute approximate surface area is 157 Å². The average Bonchev–Trinajstić information content (AvgIpc) is 2.98. The number of aryl methyl sites for hydroxylation is 1. The second-order valence-electron chi connectivity index (χ2n) is 6.59. The summed E-state index contributed by atoms with van der Waals surface area (Å²) in [6.45, 7) is 3.67. The molecule has 26 heavy (non-hydrogen) atoms. The van der Waals surface area contributed by atoms with Crippen LogP contribution in [0.1, 0.15) is 10.5 Å². The molecule has 3 aromatic rings. The molecule has 6 heteroatoms. The van der Waals surface area contributed by atoms with Crippen LogP contribution >= 0.6 is 11.6 Å². The highest BCUT2D eigenvalue weighted by Crippen LogP contribution is 2.27. The Bertz CT molecular complexity index is 974. The van der Waals surface area contributed by atoms with Crippen molar-refractivity contribution in [1.29, 1.82) is 0 Å². The van der Waals surface area contributed by atoms with Gasteiger partial charge in [-0.25, -0.2) is 4.79 Å². The summed E-state index contributed by atoms with van der Waals surface area (Å²) in [4.78, 5) is 16.0. The van der Waals surface area contributed by atoms with Gasteiger partial charge in [0.15, 0.2) is 0 Å². The van der Waals surface area contributed by atoms with E-state index in [1.54, 1.807) is 17.7 Å². The quantitative estimate of drug-likeness (QED) is 0.761. The monoisotopic (exact) mass is 369 g/mol. The predicted molar refractivity (Wildman–Crippen MR) is 106 cm³/mol. The van der Waals surface area contributed by atoms with Crippen molar-refractivity contribution in [3.8, 4) is 0 Å². The summed E-state index contributed by atoms with van der Waals surface area (Å²) in [7, 11) is 1.79. The van der Waals surface area contributed by atoms with E-state index in [-0.39, 0.29) is 0 Å². The Balaban J connectivity index is 1.53. The van der Waals surface area contributed by atoms with Crippen LogP contribution in [0, 0.1) is 0 Å². The van der Waals surface area contributed by atoms with E-state index in [9.17, 15) is 9.90 Å². The number of piperazine rings is 1. The van der Waals surface area contributed by atoms with Crippen LogP contribution in [-0.2, 0) is 7.05 Å². The Kier molecular flexibility index (Phi) is 4.24. The van der Waals surface area contributed by atoms with Crippen LogP contribution in [0.2, 0.25) is 5.02 Å². The third kappa shape index (κ3) is 2.99. The zero-order valence-electron chi connectivity index (χ0n) is 14.5. The molecular formula is C20H20ClN3O2. The van der Waals surface area contributed by atoms with Gasteiger partial charge in [-0.2, -0.15) is 0 Å². The van der Waals surface area contributed by atoms with E-state index in [0.29, 0.717) is 5.69 Å². The fourth-order valence-corrected chi connectivity index (χ4v) is 3.82. The molecule has 0 atom stereocenters. The van der Waals surface area contributed by atoms with Gasteiger partial charge in [0.1, 0.15) is 5.69 Å². The smallest absolute Gasteiger partial charge is 0.352 e. The van der Waals surface area contributed by atoms with Crippen LogP contribution in [0.15, 0.2) is 48.5 Å². The standard InChI is InChI=1S/C20H20ClN3O2/c1-22-18-6-5-17(11-14(18)12-19(22)20(25)26)24-9-7-23(8-10-24)16-4-2-3-15(21)13-16/h2-6,11-13H,7-10H2,1H3,(H,25,26). The van der Waals surface area contributed by atoms with Gasteiger partial charge in [0.05, 0.1) is 0 Å². The van der Waals surface area contributed by atoms with Crippen LogP contribution < -0.4 is 9.80 Å². The number of fused-ring (bicyclic) bond motifs is 1. The maximum Gasteiger partial charge on any atom is 0.352 e. The fraction of sp³-hybridized carbons (Fsp3) is 0.250. The van der Waals surface area contributed by atoms with Gasteiger partial charge in [-0.15, -0.1) is 0 Å². The SMILES string of the molecule is Cn1c(C(=O)O)cc2cc(N3CCN(c4cccc(Cl)c4)CC3)ccc21. The molecule has 134 valence electrons. The summed E-state index contributed by atoms with van der Waals surface area (Å²) in [5.41, 5.74) is 3.53. The van der Waals surface area contributed by atoms with Gasteiger partial charge >= 0.3 is 5.97 Å². The van der Waals surface area contributed by atoms with Crippen molar-refractivity contribution in [2.75, 3.05) is 36.0 Å². The molecule has 1 aromatic heterocycles. The van der Waals surface area contributed by atoms with Gasteiger partial charge in [0, 0.05) is 60.5 Å². The predicted octanol–water partition coefficient (Wildman–Crippen LogP) is 3.86. The Morgan fingerprint density at radius 2 is 1.62 bits per heavy atom. The molecule has 1 aliphatic rings. The van der Waals surface area contributed by atoms with Crippen molar-refractivity contribution in [2.24, 2.45) is 7.05 Å². The first-order valence-electron chi connectivity index (χ1n) is 8.61. The molecule has 1 saturated heterocycles. The lowest BCUT2D eigenvalue weighted by Gasteiger charge is -2.37. The summed E-state index contributed by atoms with van der Waals surface area (Å²) < 4.78 is 1.72. The number of aromatic carboxylic acids is 1. The highest BCUT2D eigenvalue weighted by Gasteiger charge is 2.19. The number of halogens is 1. The second-order valence-corrected chi connectivity index (χ2v) is 7.03. The molecule has 4 rings (SSSR count). The molecule has 0 bridgehead atoms. The minimum Gasteiger partial charge on any atom is -0.477 e. The zero-order valence-corrected chi connectivity index (χ0v) is 15.3. The van der Waals surface area contributed by atoms with Crippen LogP contribution in [0.25, 0.3) is 10.9 Å². The molecule has 2 aromatic carbocycles. The highest BCUT2D eigenvalue weighted by atomic mass is 35.5. The highest BCUT2D eigenvalue weighted by molar-refractivity contribution is 6.30. The number of aromatic nitrogens is 1. The largest absolute Gasteiger partial charge is 0.477 e. The van der Waals surface area contributed by atoms with Gasteiger partial charge in [-0.1, -0.05) is 17.7 Å². The van der Waals surface area contributed by atoms with Crippen molar-refractivity contribution in [1.82, 2.24) is 4.57 Å². The molecule has 5 nitrogen and oxygen atoms in total. The van der Waals surface area contributed by atoms with E-state index in [4.69, 9.17) is 11.6 Å². The lowest BCUT2D eigenvalue weighted by atomic mass is 10.2. The fourth-order valence-electron chi connectivity index (χ4n) is 3.63.